The van der Waals surface area contributed by atoms with Gasteiger partial charge in [-0.05, 0) is 30.2 Å². The third-order valence-corrected chi connectivity index (χ3v) is 4.12. The molecule has 0 saturated carbocycles. The maximum Gasteiger partial charge on any atom is 0.160 e. The van der Waals surface area contributed by atoms with Gasteiger partial charge >= 0.3 is 0 Å². The van der Waals surface area contributed by atoms with E-state index in [1.807, 2.05) is 0 Å². The Morgan fingerprint density at radius 3 is 2.37 bits per heavy atom. The number of hydrogen-bond donors (Lipinski definition) is 0. The molecule has 0 aliphatic heterocycles. The van der Waals surface area contributed by atoms with E-state index in [1.165, 1.54) is 0 Å². The van der Waals surface area contributed by atoms with Gasteiger partial charge in [0.05, 0.1) is 4.83 Å². The van der Waals surface area contributed by atoms with Gasteiger partial charge in [0.25, 0.3) is 0 Å². The SMILES string of the molecule is Cc1cccc(C(Br)c2cc(F)c(F)cc2Cl)c1F. The largest absolute Gasteiger partial charge is 0.206 e. The highest BCUT2D eigenvalue weighted by Crippen LogP contribution is 2.37. The summed E-state index contributed by atoms with van der Waals surface area (Å²) in [4.78, 5) is -0.644. The van der Waals surface area contributed by atoms with Crippen LogP contribution in [0.3, 0.4) is 0 Å². The molecule has 0 nitrogen and oxygen atoms in total. The van der Waals surface area contributed by atoms with Crippen LogP contribution < -0.4 is 0 Å². The molecule has 0 aliphatic carbocycles. The molecule has 0 aromatic heterocycles. The molecule has 19 heavy (non-hydrogen) atoms. The summed E-state index contributed by atoms with van der Waals surface area (Å²) in [6.07, 6.45) is 0. The first kappa shape index (κ1) is 14.4. The van der Waals surface area contributed by atoms with Gasteiger partial charge < -0.3 is 0 Å². The molecule has 0 spiro atoms. The van der Waals surface area contributed by atoms with Crippen LogP contribution in [0.1, 0.15) is 21.5 Å². The lowest BCUT2D eigenvalue weighted by atomic mass is 10.0. The third-order valence-electron chi connectivity index (χ3n) is 2.81. The molecule has 100 valence electrons. The molecule has 0 amide bonds. The molecule has 5 heteroatoms. The number of halogens is 5. The fourth-order valence-corrected chi connectivity index (χ4v) is 2.89. The molecule has 0 aliphatic rings. The van der Waals surface area contributed by atoms with E-state index in [9.17, 15) is 13.2 Å². The fourth-order valence-electron chi connectivity index (χ4n) is 1.77. The number of hydrogen-bond acceptors (Lipinski definition) is 0. The van der Waals surface area contributed by atoms with Crippen LogP contribution >= 0.6 is 27.5 Å². The van der Waals surface area contributed by atoms with Crippen LogP contribution in [0.5, 0.6) is 0 Å². The van der Waals surface area contributed by atoms with Crippen molar-refractivity contribution in [1.29, 1.82) is 0 Å². The number of rotatable bonds is 2. The Bertz CT molecular complexity index is 628. The molecule has 0 N–H and O–H groups in total. The van der Waals surface area contributed by atoms with Crippen LogP contribution in [-0.2, 0) is 0 Å². The summed E-state index contributed by atoms with van der Waals surface area (Å²) in [6, 6.07) is 6.74. The third kappa shape index (κ3) is 2.79. The summed E-state index contributed by atoms with van der Waals surface area (Å²) in [5, 5.41) is 0.0432. The van der Waals surface area contributed by atoms with Gasteiger partial charge in [-0.1, -0.05) is 45.7 Å². The zero-order chi connectivity index (χ0) is 14.2. The molecular weight excluding hydrogens is 341 g/mol. The van der Waals surface area contributed by atoms with Crippen LogP contribution in [0, 0.1) is 24.4 Å². The minimum absolute atomic E-state index is 0.0432. The number of alkyl halides is 1. The number of aryl methyl sites for hydroxylation is 1. The topological polar surface area (TPSA) is 0 Å². The van der Waals surface area contributed by atoms with Crippen molar-refractivity contribution in [3.8, 4) is 0 Å². The molecule has 0 heterocycles. The summed E-state index contributed by atoms with van der Waals surface area (Å²) in [5.41, 5.74) is 1.08. The monoisotopic (exact) mass is 348 g/mol. The standard InChI is InChI=1S/C14H9BrClF3/c1-7-3-2-4-8(14(7)19)13(15)9-5-11(17)12(18)6-10(9)16/h2-6,13H,1H3. The van der Waals surface area contributed by atoms with Crippen molar-refractivity contribution < 1.29 is 13.2 Å². The summed E-state index contributed by atoms with van der Waals surface area (Å²) in [6.45, 7) is 1.63. The Kier molecular flexibility index (Phi) is 4.21. The maximum absolute atomic E-state index is 14.0. The summed E-state index contributed by atoms with van der Waals surface area (Å²) in [5.74, 6) is -2.44. The van der Waals surface area contributed by atoms with Crippen LogP contribution in [0.4, 0.5) is 13.2 Å². The van der Waals surface area contributed by atoms with Gasteiger partial charge in [-0.2, -0.15) is 0 Å². The Morgan fingerprint density at radius 1 is 1.05 bits per heavy atom. The first-order valence-corrected chi connectivity index (χ1v) is 6.74. The summed E-state index contributed by atoms with van der Waals surface area (Å²) >= 11 is 9.15. The molecule has 0 bridgehead atoms. The minimum Gasteiger partial charge on any atom is -0.206 e. The van der Waals surface area contributed by atoms with Gasteiger partial charge in [0.1, 0.15) is 5.82 Å². The first-order valence-electron chi connectivity index (χ1n) is 5.45. The van der Waals surface area contributed by atoms with E-state index in [0.717, 1.165) is 12.1 Å². The Hall–Kier alpha value is -1.00. The van der Waals surface area contributed by atoms with Crippen molar-refractivity contribution in [3.63, 3.8) is 0 Å². The number of benzene rings is 2. The first-order chi connectivity index (χ1) is 8.91. The van der Waals surface area contributed by atoms with Crippen LogP contribution in [0.2, 0.25) is 5.02 Å². The average Bonchev–Trinajstić information content (AvgIpc) is 2.36. The molecule has 1 unspecified atom stereocenters. The highest BCUT2D eigenvalue weighted by Gasteiger charge is 2.20. The highest BCUT2D eigenvalue weighted by molar-refractivity contribution is 9.09. The molecule has 2 aromatic carbocycles. The summed E-state index contributed by atoms with van der Waals surface area (Å²) < 4.78 is 40.3. The van der Waals surface area contributed by atoms with Crippen molar-refractivity contribution in [2.45, 2.75) is 11.8 Å². The van der Waals surface area contributed by atoms with E-state index in [1.54, 1.807) is 25.1 Å². The normalized spacial score (nSPS) is 12.5. The Labute approximate surface area is 122 Å². The van der Waals surface area contributed by atoms with Crippen molar-refractivity contribution in [3.05, 3.63) is 69.5 Å². The second-order valence-corrected chi connectivity index (χ2v) is 5.45. The Morgan fingerprint density at radius 2 is 1.68 bits per heavy atom. The average molecular weight is 350 g/mol. The lowest BCUT2D eigenvalue weighted by Gasteiger charge is -2.14. The molecular formula is C14H9BrClF3. The van der Waals surface area contributed by atoms with Crippen LogP contribution in [0.25, 0.3) is 0 Å². The zero-order valence-electron chi connectivity index (χ0n) is 9.85. The quantitative estimate of drug-likeness (QED) is 0.492. The predicted molar refractivity (Wildman–Crippen MR) is 73.3 cm³/mol. The molecule has 2 aromatic rings. The molecule has 1 atom stereocenters. The van der Waals surface area contributed by atoms with E-state index < -0.39 is 22.3 Å². The van der Waals surface area contributed by atoms with Crippen molar-refractivity contribution in [1.82, 2.24) is 0 Å². The van der Waals surface area contributed by atoms with E-state index >= 15 is 0 Å². The molecule has 2 rings (SSSR count). The van der Waals surface area contributed by atoms with Gasteiger partial charge in [0.2, 0.25) is 0 Å². The maximum atomic E-state index is 14.0. The second kappa shape index (κ2) is 5.55. The van der Waals surface area contributed by atoms with E-state index in [4.69, 9.17) is 11.6 Å². The fraction of sp³-hybridized carbons (Fsp3) is 0.143. The zero-order valence-corrected chi connectivity index (χ0v) is 12.2. The van der Waals surface area contributed by atoms with Crippen molar-refractivity contribution in [2.24, 2.45) is 0 Å². The predicted octanol–water partition coefficient (Wildman–Crippen LogP) is 5.55. The molecule has 0 saturated heterocycles. The summed E-state index contributed by atoms with van der Waals surface area (Å²) in [7, 11) is 0. The van der Waals surface area contributed by atoms with Gasteiger partial charge in [0, 0.05) is 10.6 Å². The van der Waals surface area contributed by atoms with Crippen molar-refractivity contribution in [2.75, 3.05) is 0 Å². The lowest BCUT2D eigenvalue weighted by Crippen LogP contribution is -2.01. The smallest absolute Gasteiger partial charge is 0.160 e. The van der Waals surface area contributed by atoms with Gasteiger partial charge in [-0.3, -0.25) is 0 Å². The minimum atomic E-state index is -1.03. The van der Waals surface area contributed by atoms with Crippen molar-refractivity contribution >= 4 is 27.5 Å². The van der Waals surface area contributed by atoms with Crippen LogP contribution in [0.15, 0.2) is 30.3 Å². The van der Waals surface area contributed by atoms with Gasteiger partial charge in [0.15, 0.2) is 11.6 Å². The second-order valence-electron chi connectivity index (χ2n) is 4.13. The molecule has 0 radical (unpaired) electrons. The van der Waals surface area contributed by atoms with E-state index in [2.05, 4.69) is 15.9 Å². The van der Waals surface area contributed by atoms with E-state index in [0.29, 0.717) is 11.1 Å². The van der Waals surface area contributed by atoms with E-state index in [-0.39, 0.29) is 10.6 Å². The lowest BCUT2D eigenvalue weighted by molar-refractivity contribution is 0.507. The van der Waals surface area contributed by atoms with Gasteiger partial charge in [-0.15, -0.1) is 0 Å². The Balaban J connectivity index is 2.53. The van der Waals surface area contributed by atoms with Crippen LogP contribution in [-0.4, -0.2) is 0 Å². The molecule has 0 fully saturated rings. The van der Waals surface area contributed by atoms with Gasteiger partial charge in [-0.25, -0.2) is 13.2 Å². The highest BCUT2D eigenvalue weighted by atomic mass is 79.9.